The first kappa shape index (κ1) is 12.3. The summed E-state index contributed by atoms with van der Waals surface area (Å²) in [6, 6.07) is 4.31. The van der Waals surface area contributed by atoms with E-state index in [4.69, 9.17) is 0 Å². The Labute approximate surface area is 93.8 Å². The first-order chi connectivity index (χ1) is 7.54. The van der Waals surface area contributed by atoms with Crippen molar-refractivity contribution in [2.75, 3.05) is 0 Å². The van der Waals surface area contributed by atoms with Crippen LogP contribution in [-0.2, 0) is 16.9 Å². The van der Waals surface area contributed by atoms with E-state index in [1.54, 1.807) is 6.07 Å². The molecule has 0 heterocycles. The second kappa shape index (κ2) is 5.36. The number of aryl methyl sites for hydroxylation is 1. The van der Waals surface area contributed by atoms with Crippen molar-refractivity contribution < 1.29 is 13.3 Å². The molecule has 0 bridgehead atoms. The molecule has 1 rings (SSSR count). The third-order valence-electron chi connectivity index (χ3n) is 1.95. The van der Waals surface area contributed by atoms with Gasteiger partial charge < -0.3 is 0 Å². The Morgan fingerprint density at radius 1 is 1.44 bits per heavy atom. The van der Waals surface area contributed by atoms with Gasteiger partial charge in [0.2, 0.25) is 0 Å². The maximum absolute atomic E-state index is 10.6. The van der Waals surface area contributed by atoms with Crippen molar-refractivity contribution in [2.45, 2.75) is 19.8 Å². The fourth-order valence-electron chi connectivity index (χ4n) is 1.32. The lowest BCUT2D eigenvalue weighted by atomic mass is 10.1. The highest BCUT2D eigenvalue weighted by Gasteiger charge is 2.13. The zero-order chi connectivity index (χ0) is 12.1. The maximum Gasteiger partial charge on any atom is 0.316 e. The lowest BCUT2D eigenvalue weighted by molar-refractivity contribution is -0.384. The average Bonchev–Trinajstić information content (AvgIpc) is 2.16. The number of hydrogen-bond donors (Lipinski definition) is 0. The van der Waals surface area contributed by atoms with Crippen molar-refractivity contribution in [1.29, 1.82) is 0 Å². The summed E-state index contributed by atoms with van der Waals surface area (Å²) in [5, 5.41) is 10.6. The molecule has 1 aromatic rings. The smallest absolute Gasteiger partial charge is 0.258 e. The first-order valence-corrected chi connectivity index (χ1v) is 5.66. The van der Waals surface area contributed by atoms with Gasteiger partial charge in [0, 0.05) is 6.07 Å². The molecule has 0 radical (unpaired) electrons. The van der Waals surface area contributed by atoms with Crippen LogP contribution in [-0.4, -0.2) is 13.3 Å². The molecule has 0 saturated carbocycles. The van der Waals surface area contributed by atoms with E-state index >= 15 is 0 Å². The predicted molar refractivity (Wildman–Crippen MR) is 58.1 cm³/mol. The highest BCUT2D eigenvalue weighted by atomic mass is 32.2. The maximum atomic E-state index is 10.6. The third kappa shape index (κ3) is 3.13. The summed E-state index contributed by atoms with van der Waals surface area (Å²) in [5.41, 5.74) is 0.408. The minimum atomic E-state index is -2.69. The van der Waals surface area contributed by atoms with Gasteiger partial charge in [-0.3, -0.25) is 10.1 Å². The molecule has 0 saturated heterocycles. The molecule has 0 spiro atoms. The van der Waals surface area contributed by atoms with Crippen LogP contribution in [0.15, 0.2) is 22.6 Å². The molecule has 1 aromatic carbocycles. The molecule has 0 aliphatic carbocycles. The molecule has 6 nitrogen and oxygen atoms in total. The molecule has 0 aliphatic heterocycles. The zero-order valence-electron chi connectivity index (χ0n) is 8.58. The highest BCUT2D eigenvalue weighted by molar-refractivity contribution is 7.61. The van der Waals surface area contributed by atoms with Crippen molar-refractivity contribution in [2.24, 2.45) is 4.36 Å². The van der Waals surface area contributed by atoms with Crippen molar-refractivity contribution in [3.63, 3.8) is 0 Å². The summed E-state index contributed by atoms with van der Waals surface area (Å²) in [4.78, 5) is 9.97. The SMILES string of the molecule is CCCc1ccc([N+](=O)[O-])c(N=S(=O)=O)c1. The number of nitro benzene ring substituents is 1. The van der Waals surface area contributed by atoms with Gasteiger partial charge in [-0.2, -0.15) is 8.42 Å². The first-order valence-electron chi connectivity index (χ1n) is 4.63. The molecule has 0 N–H and O–H groups in total. The lowest BCUT2D eigenvalue weighted by Gasteiger charge is -2.00. The monoisotopic (exact) mass is 242 g/mol. The van der Waals surface area contributed by atoms with E-state index in [1.165, 1.54) is 12.1 Å². The Morgan fingerprint density at radius 2 is 2.12 bits per heavy atom. The van der Waals surface area contributed by atoms with E-state index in [2.05, 4.69) is 4.36 Å². The van der Waals surface area contributed by atoms with Crippen LogP contribution < -0.4 is 0 Å². The normalized spacial score (nSPS) is 9.81. The number of rotatable bonds is 4. The number of nitro groups is 1. The van der Waals surface area contributed by atoms with E-state index in [-0.39, 0.29) is 11.4 Å². The summed E-state index contributed by atoms with van der Waals surface area (Å²) >= 11 is 0. The van der Waals surface area contributed by atoms with Crippen molar-refractivity contribution in [1.82, 2.24) is 0 Å². The lowest BCUT2D eigenvalue weighted by Crippen LogP contribution is -1.90. The molecule has 16 heavy (non-hydrogen) atoms. The van der Waals surface area contributed by atoms with Crippen LogP contribution in [0.3, 0.4) is 0 Å². The molecule has 7 heteroatoms. The van der Waals surface area contributed by atoms with Crippen LogP contribution in [0.4, 0.5) is 11.4 Å². The summed E-state index contributed by atoms with van der Waals surface area (Å²) in [5.74, 6) is 0. The van der Waals surface area contributed by atoms with Gasteiger partial charge in [-0.25, -0.2) is 0 Å². The number of hydrogen-bond acceptors (Lipinski definition) is 5. The Bertz CT molecular complexity index is 528. The Kier molecular flexibility index (Phi) is 4.12. The van der Waals surface area contributed by atoms with Crippen LogP contribution in [0.1, 0.15) is 18.9 Å². The Morgan fingerprint density at radius 3 is 2.62 bits per heavy atom. The van der Waals surface area contributed by atoms with E-state index in [0.717, 1.165) is 18.4 Å². The van der Waals surface area contributed by atoms with Gasteiger partial charge in [0.25, 0.3) is 5.69 Å². The van der Waals surface area contributed by atoms with Crippen LogP contribution in [0.25, 0.3) is 0 Å². The number of nitrogens with zero attached hydrogens (tertiary/aromatic N) is 2. The fraction of sp³-hybridized carbons (Fsp3) is 0.333. The van der Waals surface area contributed by atoms with Crippen LogP contribution in [0, 0.1) is 10.1 Å². The Balaban J connectivity index is 3.32. The van der Waals surface area contributed by atoms with Crippen LogP contribution >= 0.6 is 0 Å². The molecular weight excluding hydrogens is 232 g/mol. The Hall–Kier alpha value is -1.76. The fourth-order valence-corrected chi connectivity index (χ4v) is 1.63. The molecular formula is C9H10N2O4S. The van der Waals surface area contributed by atoms with Crippen LogP contribution in [0.2, 0.25) is 0 Å². The van der Waals surface area contributed by atoms with Gasteiger partial charge in [0.1, 0.15) is 0 Å². The third-order valence-corrected chi connectivity index (χ3v) is 2.29. The van der Waals surface area contributed by atoms with Crippen molar-refractivity contribution >= 4 is 21.9 Å². The van der Waals surface area contributed by atoms with Gasteiger partial charge in [-0.05, 0) is 18.1 Å². The zero-order valence-corrected chi connectivity index (χ0v) is 9.40. The number of benzene rings is 1. The van der Waals surface area contributed by atoms with Crippen molar-refractivity contribution in [3.05, 3.63) is 33.9 Å². The quantitative estimate of drug-likeness (QED) is 0.598. The molecule has 0 aromatic heterocycles. The standard InChI is InChI=1S/C9H10N2O4S/c1-2-3-7-4-5-9(11(12)13)8(6-7)10-16(14)15/h4-6H,2-3H2,1H3. The van der Waals surface area contributed by atoms with Crippen molar-refractivity contribution in [3.8, 4) is 0 Å². The minimum absolute atomic E-state index is 0.121. The molecule has 86 valence electrons. The van der Waals surface area contributed by atoms with Gasteiger partial charge in [0.15, 0.2) is 5.69 Å². The molecule has 0 fully saturated rings. The van der Waals surface area contributed by atoms with E-state index in [0.29, 0.717) is 0 Å². The van der Waals surface area contributed by atoms with E-state index in [9.17, 15) is 18.5 Å². The van der Waals surface area contributed by atoms with Gasteiger partial charge >= 0.3 is 10.5 Å². The summed E-state index contributed by atoms with van der Waals surface area (Å²) in [6.45, 7) is 1.96. The predicted octanol–water partition coefficient (Wildman–Crippen LogP) is 2.24. The average molecular weight is 242 g/mol. The summed E-state index contributed by atoms with van der Waals surface area (Å²) < 4.78 is 24.0. The molecule has 0 aliphatic rings. The molecule has 0 amide bonds. The minimum Gasteiger partial charge on any atom is -0.258 e. The molecule has 0 unspecified atom stereocenters. The van der Waals surface area contributed by atoms with E-state index in [1.807, 2.05) is 6.92 Å². The van der Waals surface area contributed by atoms with Crippen LogP contribution in [0.5, 0.6) is 0 Å². The topological polar surface area (TPSA) is 89.6 Å². The summed E-state index contributed by atoms with van der Waals surface area (Å²) in [6.07, 6.45) is 1.60. The largest absolute Gasteiger partial charge is 0.316 e. The second-order valence-corrected chi connectivity index (χ2v) is 3.76. The van der Waals surface area contributed by atoms with Gasteiger partial charge in [-0.15, -0.1) is 4.36 Å². The van der Waals surface area contributed by atoms with Gasteiger partial charge in [-0.1, -0.05) is 19.4 Å². The van der Waals surface area contributed by atoms with E-state index < -0.39 is 15.4 Å². The molecule has 0 atom stereocenters. The second-order valence-electron chi connectivity index (χ2n) is 3.14. The highest BCUT2D eigenvalue weighted by Crippen LogP contribution is 2.28. The van der Waals surface area contributed by atoms with Gasteiger partial charge in [0.05, 0.1) is 4.92 Å². The summed E-state index contributed by atoms with van der Waals surface area (Å²) in [7, 11) is -2.69.